The highest BCUT2D eigenvalue weighted by atomic mass is 32.2. The molecule has 1 N–H and O–H groups in total. The predicted molar refractivity (Wildman–Crippen MR) is 75.0 cm³/mol. The van der Waals surface area contributed by atoms with Crippen LogP contribution in [0.25, 0.3) is 0 Å². The van der Waals surface area contributed by atoms with E-state index in [4.69, 9.17) is 0 Å². The van der Waals surface area contributed by atoms with Crippen LogP contribution >= 0.6 is 11.8 Å². The lowest BCUT2D eigenvalue weighted by Crippen LogP contribution is -2.31. The van der Waals surface area contributed by atoms with Crippen LogP contribution in [0.5, 0.6) is 0 Å². The van der Waals surface area contributed by atoms with Gasteiger partial charge in [-0.3, -0.25) is 4.79 Å². The second-order valence-electron chi connectivity index (χ2n) is 5.33. The molecule has 3 heteroatoms. The van der Waals surface area contributed by atoms with E-state index in [-0.39, 0.29) is 11.2 Å². The van der Waals surface area contributed by atoms with Gasteiger partial charge in [-0.05, 0) is 44.2 Å². The highest BCUT2D eigenvalue weighted by molar-refractivity contribution is 8.00. The quantitative estimate of drug-likeness (QED) is 0.897. The van der Waals surface area contributed by atoms with Crippen molar-refractivity contribution in [2.75, 3.05) is 0 Å². The second kappa shape index (κ2) is 5.79. The van der Waals surface area contributed by atoms with Crippen LogP contribution in [0.15, 0.2) is 29.2 Å². The molecule has 1 saturated carbocycles. The molecule has 0 radical (unpaired) electrons. The second-order valence-corrected chi connectivity index (χ2v) is 6.64. The van der Waals surface area contributed by atoms with E-state index >= 15 is 0 Å². The summed E-state index contributed by atoms with van der Waals surface area (Å²) in [7, 11) is 0. The number of rotatable bonds is 3. The SMILES string of the molecule is Cc1ccc(SC2CC(C)CCC2C(=O)O)cc1. The van der Waals surface area contributed by atoms with Crippen molar-refractivity contribution in [3.8, 4) is 0 Å². The van der Waals surface area contributed by atoms with Crippen LogP contribution in [0.1, 0.15) is 31.7 Å². The molecular formula is C15H20O2S. The van der Waals surface area contributed by atoms with Crippen LogP contribution in [0, 0.1) is 18.8 Å². The fourth-order valence-electron chi connectivity index (χ4n) is 2.53. The normalized spacial score (nSPS) is 28.0. The van der Waals surface area contributed by atoms with Crippen LogP contribution < -0.4 is 0 Å². The molecule has 1 aromatic carbocycles. The molecule has 1 aliphatic rings. The Hall–Kier alpha value is -0.960. The van der Waals surface area contributed by atoms with Gasteiger partial charge in [0.1, 0.15) is 0 Å². The van der Waals surface area contributed by atoms with E-state index in [9.17, 15) is 9.90 Å². The van der Waals surface area contributed by atoms with Crippen molar-refractivity contribution in [2.24, 2.45) is 11.8 Å². The zero-order chi connectivity index (χ0) is 13.1. The molecule has 0 aromatic heterocycles. The van der Waals surface area contributed by atoms with Crippen molar-refractivity contribution in [3.63, 3.8) is 0 Å². The number of carboxylic acids is 1. The first kappa shape index (κ1) is 13.5. The van der Waals surface area contributed by atoms with Gasteiger partial charge in [0.2, 0.25) is 0 Å². The summed E-state index contributed by atoms with van der Waals surface area (Å²) in [6.07, 6.45) is 2.87. The molecule has 0 spiro atoms. The molecule has 2 nitrogen and oxygen atoms in total. The van der Waals surface area contributed by atoms with E-state index in [0.717, 1.165) is 19.3 Å². The van der Waals surface area contributed by atoms with Gasteiger partial charge in [-0.2, -0.15) is 0 Å². The summed E-state index contributed by atoms with van der Waals surface area (Å²) in [6.45, 7) is 4.29. The van der Waals surface area contributed by atoms with E-state index in [1.807, 2.05) is 0 Å². The van der Waals surface area contributed by atoms with Gasteiger partial charge in [0.15, 0.2) is 0 Å². The molecule has 3 atom stereocenters. The van der Waals surface area contributed by atoms with Gasteiger partial charge in [-0.1, -0.05) is 24.6 Å². The lowest BCUT2D eigenvalue weighted by atomic mass is 9.82. The summed E-state index contributed by atoms with van der Waals surface area (Å²) in [5.41, 5.74) is 1.24. The van der Waals surface area contributed by atoms with Gasteiger partial charge in [-0.25, -0.2) is 0 Å². The lowest BCUT2D eigenvalue weighted by Gasteiger charge is -2.31. The number of hydrogen-bond donors (Lipinski definition) is 1. The largest absolute Gasteiger partial charge is 0.481 e. The van der Waals surface area contributed by atoms with Gasteiger partial charge in [0.05, 0.1) is 5.92 Å². The van der Waals surface area contributed by atoms with E-state index in [2.05, 4.69) is 38.1 Å². The minimum absolute atomic E-state index is 0.187. The fraction of sp³-hybridized carbons (Fsp3) is 0.533. The van der Waals surface area contributed by atoms with Crippen molar-refractivity contribution < 1.29 is 9.90 Å². The number of thioether (sulfide) groups is 1. The number of hydrogen-bond acceptors (Lipinski definition) is 2. The van der Waals surface area contributed by atoms with Gasteiger partial charge < -0.3 is 5.11 Å². The average molecular weight is 264 g/mol. The fourth-order valence-corrected chi connectivity index (χ4v) is 4.02. The van der Waals surface area contributed by atoms with Crippen LogP contribution in [0.2, 0.25) is 0 Å². The number of aryl methyl sites for hydroxylation is 1. The van der Waals surface area contributed by atoms with Crippen LogP contribution in [-0.4, -0.2) is 16.3 Å². The van der Waals surface area contributed by atoms with Gasteiger partial charge >= 0.3 is 5.97 Å². The number of carboxylic acid groups (broad SMARTS) is 1. The third-order valence-corrected chi connectivity index (χ3v) is 5.05. The molecule has 3 unspecified atom stereocenters. The first-order valence-electron chi connectivity index (χ1n) is 6.52. The van der Waals surface area contributed by atoms with E-state index in [0.29, 0.717) is 5.92 Å². The molecule has 98 valence electrons. The Morgan fingerprint density at radius 1 is 1.28 bits per heavy atom. The maximum Gasteiger partial charge on any atom is 0.307 e. The van der Waals surface area contributed by atoms with Gasteiger partial charge in [0.25, 0.3) is 0 Å². The van der Waals surface area contributed by atoms with Crippen molar-refractivity contribution in [1.29, 1.82) is 0 Å². The standard InChI is InChI=1S/C15H20O2S/c1-10-3-6-12(7-4-10)18-14-9-11(2)5-8-13(14)15(16)17/h3-4,6-7,11,13-14H,5,8-9H2,1-2H3,(H,16,17). The molecule has 0 saturated heterocycles. The van der Waals surface area contributed by atoms with E-state index in [1.165, 1.54) is 10.5 Å². The smallest absolute Gasteiger partial charge is 0.307 e. The molecule has 2 rings (SSSR count). The molecule has 1 aromatic rings. The molecule has 1 fully saturated rings. The molecule has 0 amide bonds. The van der Waals surface area contributed by atoms with E-state index < -0.39 is 5.97 Å². The highest BCUT2D eigenvalue weighted by Crippen LogP contribution is 2.39. The van der Waals surface area contributed by atoms with Gasteiger partial charge in [-0.15, -0.1) is 11.8 Å². The maximum absolute atomic E-state index is 11.3. The summed E-state index contributed by atoms with van der Waals surface area (Å²) in [6, 6.07) is 8.37. The number of aliphatic carboxylic acids is 1. The third-order valence-electron chi connectivity index (χ3n) is 3.68. The van der Waals surface area contributed by atoms with Crippen LogP contribution in [-0.2, 0) is 4.79 Å². The van der Waals surface area contributed by atoms with Crippen molar-refractivity contribution >= 4 is 17.7 Å². The van der Waals surface area contributed by atoms with Crippen molar-refractivity contribution in [2.45, 2.75) is 43.3 Å². The van der Waals surface area contributed by atoms with Crippen LogP contribution in [0.3, 0.4) is 0 Å². The topological polar surface area (TPSA) is 37.3 Å². The molecule has 18 heavy (non-hydrogen) atoms. The monoisotopic (exact) mass is 264 g/mol. The minimum Gasteiger partial charge on any atom is -0.481 e. The predicted octanol–water partition coefficient (Wildman–Crippen LogP) is 3.98. The Bertz CT molecular complexity index is 413. The van der Waals surface area contributed by atoms with Crippen LogP contribution in [0.4, 0.5) is 0 Å². The third kappa shape index (κ3) is 3.29. The maximum atomic E-state index is 11.3. The first-order chi connectivity index (χ1) is 8.56. The summed E-state index contributed by atoms with van der Waals surface area (Å²) in [4.78, 5) is 12.5. The molecular weight excluding hydrogens is 244 g/mol. The Morgan fingerprint density at radius 3 is 2.56 bits per heavy atom. The average Bonchev–Trinajstić information content (AvgIpc) is 2.32. The highest BCUT2D eigenvalue weighted by Gasteiger charge is 2.34. The number of carbonyl (C=O) groups is 1. The Balaban J connectivity index is 2.08. The lowest BCUT2D eigenvalue weighted by molar-refractivity contribution is -0.142. The molecule has 1 aliphatic carbocycles. The van der Waals surface area contributed by atoms with Gasteiger partial charge in [0, 0.05) is 10.1 Å². The molecule has 0 aliphatic heterocycles. The zero-order valence-electron chi connectivity index (χ0n) is 10.9. The summed E-state index contributed by atoms with van der Waals surface area (Å²) >= 11 is 1.73. The minimum atomic E-state index is -0.633. The van der Waals surface area contributed by atoms with Crippen molar-refractivity contribution in [3.05, 3.63) is 29.8 Å². The summed E-state index contributed by atoms with van der Waals surface area (Å²) in [5, 5.41) is 9.52. The molecule has 0 heterocycles. The Labute approximate surface area is 113 Å². The van der Waals surface area contributed by atoms with Crippen molar-refractivity contribution in [1.82, 2.24) is 0 Å². The van der Waals surface area contributed by atoms with E-state index in [1.54, 1.807) is 11.8 Å². The zero-order valence-corrected chi connectivity index (χ0v) is 11.7. The Kier molecular flexibility index (Phi) is 4.33. The Morgan fingerprint density at radius 2 is 1.94 bits per heavy atom. The summed E-state index contributed by atoms with van der Waals surface area (Å²) in [5.74, 6) is -0.178. The molecule has 0 bridgehead atoms. The number of benzene rings is 1. The summed E-state index contributed by atoms with van der Waals surface area (Å²) < 4.78 is 0. The first-order valence-corrected chi connectivity index (χ1v) is 7.40.